The van der Waals surface area contributed by atoms with Crippen LogP contribution in [0.3, 0.4) is 0 Å². The Morgan fingerprint density at radius 3 is 2.56 bits per heavy atom. The lowest BCUT2D eigenvalue weighted by Gasteiger charge is -2.23. The Morgan fingerprint density at radius 1 is 1.26 bits per heavy atom. The van der Waals surface area contributed by atoms with Crippen LogP contribution in [0.5, 0.6) is 0 Å². The summed E-state index contributed by atoms with van der Waals surface area (Å²) >= 11 is 0. The fourth-order valence-electron chi connectivity index (χ4n) is 2.75. The van der Waals surface area contributed by atoms with Crippen molar-refractivity contribution in [3.05, 3.63) is 47.7 Å². The molecule has 7 nitrogen and oxygen atoms in total. The number of hydrogen-bond donors (Lipinski definition) is 2. The molecule has 0 amide bonds. The number of carbonyl (C=O) groups is 1. The summed E-state index contributed by atoms with van der Waals surface area (Å²) < 4.78 is 27.7. The van der Waals surface area contributed by atoms with Crippen molar-refractivity contribution in [2.75, 3.05) is 22.7 Å². The Morgan fingerprint density at radius 2 is 1.96 bits per heavy atom. The highest BCUT2D eigenvalue weighted by Gasteiger charge is 2.21. The molecule has 0 saturated heterocycles. The number of pyridine rings is 1. The van der Waals surface area contributed by atoms with Crippen molar-refractivity contribution < 1.29 is 18.3 Å². The Kier molecular flexibility index (Phi) is 6.79. The number of carboxylic acid groups (broad SMARTS) is 1. The highest BCUT2D eigenvalue weighted by Crippen LogP contribution is 2.24. The smallest absolute Gasteiger partial charge is 0.339 e. The molecular formula is C19H25N3O4S. The first kappa shape index (κ1) is 20.7. The molecule has 2 rings (SSSR count). The maximum absolute atomic E-state index is 12.6. The number of unbranched alkanes of at least 4 members (excludes halogenated alkanes) is 1. The van der Waals surface area contributed by atoms with Crippen LogP contribution in [0, 0.1) is 6.92 Å². The van der Waals surface area contributed by atoms with E-state index in [0.29, 0.717) is 24.5 Å². The minimum Gasteiger partial charge on any atom is -0.478 e. The molecule has 27 heavy (non-hydrogen) atoms. The topological polar surface area (TPSA) is 99.6 Å². The number of hydrogen-bond acceptors (Lipinski definition) is 5. The van der Waals surface area contributed by atoms with Crippen molar-refractivity contribution in [3.8, 4) is 0 Å². The van der Waals surface area contributed by atoms with Gasteiger partial charge < -0.3 is 10.0 Å². The molecule has 2 N–H and O–H groups in total. The molecule has 0 aliphatic rings. The monoisotopic (exact) mass is 391 g/mol. The average Bonchev–Trinajstić information content (AvgIpc) is 2.63. The second kappa shape index (κ2) is 8.85. The van der Waals surface area contributed by atoms with Crippen LogP contribution in [0.2, 0.25) is 0 Å². The predicted octanol–water partition coefficient (Wildman–Crippen LogP) is 3.52. The van der Waals surface area contributed by atoms with Gasteiger partial charge in [0.1, 0.15) is 11.4 Å². The summed E-state index contributed by atoms with van der Waals surface area (Å²) in [6.07, 6.45) is 3.25. The second-order valence-corrected chi connectivity index (χ2v) is 7.86. The molecule has 0 fully saturated rings. The van der Waals surface area contributed by atoms with Gasteiger partial charge in [0, 0.05) is 13.1 Å². The normalized spacial score (nSPS) is 11.2. The third kappa shape index (κ3) is 4.97. The fraction of sp³-hybridized carbons (Fsp3) is 0.368. The van der Waals surface area contributed by atoms with E-state index in [0.717, 1.165) is 12.8 Å². The first-order chi connectivity index (χ1) is 12.8. The van der Waals surface area contributed by atoms with Gasteiger partial charge in [0.05, 0.1) is 16.8 Å². The van der Waals surface area contributed by atoms with Crippen LogP contribution in [0.1, 0.15) is 42.6 Å². The third-order valence-corrected chi connectivity index (χ3v) is 5.74. The zero-order valence-corrected chi connectivity index (χ0v) is 16.6. The summed E-state index contributed by atoms with van der Waals surface area (Å²) in [6.45, 7) is 6.99. The van der Waals surface area contributed by atoms with E-state index in [1.807, 2.05) is 11.8 Å². The average molecular weight is 391 g/mol. The van der Waals surface area contributed by atoms with Crippen molar-refractivity contribution in [2.45, 2.75) is 38.5 Å². The number of nitrogens with zero attached hydrogens (tertiary/aromatic N) is 2. The summed E-state index contributed by atoms with van der Waals surface area (Å²) in [7, 11) is -3.84. The van der Waals surface area contributed by atoms with Crippen LogP contribution in [-0.2, 0) is 10.0 Å². The zero-order valence-electron chi connectivity index (χ0n) is 15.8. The van der Waals surface area contributed by atoms with Gasteiger partial charge in [-0.3, -0.25) is 4.72 Å². The van der Waals surface area contributed by atoms with Gasteiger partial charge in [-0.05, 0) is 38.0 Å². The van der Waals surface area contributed by atoms with Gasteiger partial charge in [-0.15, -0.1) is 0 Å². The highest BCUT2D eigenvalue weighted by molar-refractivity contribution is 7.92. The summed E-state index contributed by atoms with van der Waals surface area (Å²) in [6, 6.07) is 7.91. The van der Waals surface area contributed by atoms with E-state index < -0.39 is 16.0 Å². The maximum Gasteiger partial charge on any atom is 0.339 e. The van der Waals surface area contributed by atoms with E-state index in [2.05, 4.69) is 16.6 Å². The Labute approximate surface area is 160 Å². The van der Waals surface area contributed by atoms with Gasteiger partial charge in [0.15, 0.2) is 0 Å². The molecule has 0 radical (unpaired) electrons. The first-order valence-electron chi connectivity index (χ1n) is 8.86. The van der Waals surface area contributed by atoms with E-state index in [1.165, 1.54) is 18.3 Å². The van der Waals surface area contributed by atoms with Crippen molar-refractivity contribution in [2.24, 2.45) is 0 Å². The van der Waals surface area contributed by atoms with Gasteiger partial charge in [0.2, 0.25) is 0 Å². The van der Waals surface area contributed by atoms with Crippen LogP contribution in [0.4, 0.5) is 11.5 Å². The third-order valence-electron chi connectivity index (χ3n) is 4.20. The number of aryl methyl sites for hydroxylation is 1. The zero-order chi connectivity index (χ0) is 20.0. The van der Waals surface area contributed by atoms with Gasteiger partial charge in [0.25, 0.3) is 10.0 Å². The van der Waals surface area contributed by atoms with E-state index in [-0.39, 0.29) is 16.1 Å². The molecule has 0 bridgehead atoms. The number of anilines is 2. The number of nitrogens with one attached hydrogen (secondary N) is 1. The number of carboxylic acids is 1. The molecule has 2 aromatic rings. The van der Waals surface area contributed by atoms with Crippen molar-refractivity contribution in [1.29, 1.82) is 0 Å². The van der Waals surface area contributed by atoms with Gasteiger partial charge in [-0.25, -0.2) is 18.2 Å². The van der Waals surface area contributed by atoms with Crippen molar-refractivity contribution in [3.63, 3.8) is 0 Å². The lowest BCUT2D eigenvalue weighted by molar-refractivity contribution is 0.0697. The quantitative estimate of drug-likeness (QED) is 0.678. The summed E-state index contributed by atoms with van der Waals surface area (Å²) in [5.74, 6) is -0.804. The van der Waals surface area contributed by atoms with Crippen LogP contribution in [-0.4, -0.2) is 37.6 Å². The van der Waals surface area contributed by atoms with Gasteiger partial charge in [-0.2, -0.15) is 0 Å². The molecule has 0 spiro atoms. The van der Waals surface area contributed by atoms with E-state index >= 15 is 0 Å². The molecule has 0 aliphatic carbocycles. The molecule has 0 saturated carbocycles. The predicted molar refractivity (Wildman–Crippen MR) is 106 cm³/mol. The summed E-state index contributed by atoms with van der Waals surface area (Å²) in [5.41, 5.74) is 0.689. The largest absolute Gasteiger partial charge is 0.478 e. The molecule has 8 heteroatoms. The summed E-state index contributed by atoms with van der Waals surface area (Å²) in [4.78, 5) is 18.0. The molecule has 146 valence electrons. The second-order valence-electron chi connectivity index (χ2n) is 6.20. The molecule has 1 heterocycles. The Balaban J connectivity index is 2.38. The maximum atomic E-state index is 12.6. The lowest BCUT2D eigenvalue weighted by atomic mass is 10.2. The van der Waals surface area contributed by atoms with Crippen molar-refractivity contribution >= 4 is 27.5 Å². The molecule has 1 aromatic carbocycles. The van der Waals surface area contributed by atoms with E-state index in [9.17, 15) is 18.3 Å². The van der Waals surface area contributed by atoms with Gasteiger partial charge in [-0.1, -0.05) is 31.5 Å². The number of benzene rings is 1. The molecular weight excluding hydrogens is 366 g/mol. The van der Waals surface area contributed by atoms with Crippen LogP contribution in [0.15, 0.2) is 41.4 Å². The van der Waals surface area contributed by atoms with Crippen LogP contribution >= 0.6 is 0 Å². The standard InChI is InChI=1S/C19H25N3O4S/c1-4-6-11-22(5-2)18-16(19(23)24)12-15(13-20-18)21-27(25,26)17-10-8-7-9-14(17)3/h7-10,12-13,21H,4-6,11H2,1-3H3,(H,23,24). The highest BCUT2D eigenvalue weighted by atomic mass is 32.2. The van der Waals surface area contributed by atoms with Crippen LogP contribution in [0.25, 0.3) is 0 Å². The fourth-order valence-corrected chi connectivity index (χ4v) is 4.04. The van der Waals surface area contributed by atoms with Crippen molar-refractivity contribution in [1.82, 2.24) is 4.98 Å². The minimum atomic E-state index is -3.84. The molecule has 0 atom stereocenters. The molecule has 0 unspecified atom stereocenters. The van der Waals surface area contributed by atoms with Crippen LogP contribution < -0.4 is 9.62 Å². The van der Waals surface area contributed by atoms with E-state index in [1.54, 1.807) is 25.1 Å². The first-order valence-corrected chi connectivity index (χ1v) is 10.3. The number of sulfonamides is 1. The lowest BCUT2D eigenvalue weighted by Crippen LogP contribution is -2.27. The number of aromatic carboxylic acids is 1. The molecule has 1 aromatic heterocycles. The number of aromatic nitrogens is 1. The minimum absolute atomic E-state index is 0.0297. The summed E-state index contributed by atoms with van der Waals surface area (Å²) in [5, 5.41) is 9.58. The SMILES string of the molecule is CCCCN(CC)c1ncc(NS(=O)(=O)c2ccccc2C)cc1C(=O)O. The Hall–Kier alpha value is -2.61. The van der Waals surface area contributed by atoms with E-state index in [4.69, 9.17) is 0 Å². The van der Waals surface area contributed by atoms with Gasteiger partial charge >= 0.3 is 5.97 Å². The molecule has 0 aliphatic heterocycles. The Bertz CT molecular complexity index is 913. The number of rotatable bonds is 9.